The SMILES string of the molecule is CCCOCCCNc1nc(NN)nc(OC(C)C)n1. The molecule has 0 saturated heterocycles. The molecule has 0 amide bonds. The first-order chi connectivity index (χ1) is 9.65. The van der Waals surface area contributed by atoms with E-state index in [1.54, 1.807) is 0 Å². The highest BCUT2D eigenvalue weighted by molar-refractivity contribution is 5.34. The normalized spacial score (nSPS) is 10.7. The molecule has 4 N–H and O–H groups in total. The van der Waals surface area contributed by atoms with Crippen LogP contribution in [0.3, 0.4) is 0 Å². The molecule has 1 aromatic heterocycles. The standard InChI is InChI=1S/C12H24N6O2/c1-4-7-19-8-5-6-14-10-15-11(18-13)17-12(16-10)20-9(2)3/h9H,4-8,13H2,1-3H3,(H2,14,15,16,17,18). The lowest BCUT2D eigenvalue weighted by molar-refractivity contribution is 0.134. The zero-order valence-corrected chi connectivity index (χ0v) is 12.3. The molecule has 114 valence electrons. The van der Waals surface area contributed by atoms with Crippen LogP contribution < -0.4 is 21.3 Å². The molecule has 0 saturated carbocycles. The van der Waals surface area contributed by atoms with E-state index in [0.29, 0.717) is 19.1 Å². The number of hydrazine groups is 1. The number of nitrogen functional groups attached to an aromatic ring is 1. The first kappa shape index (κ1) is 16.4. The van der Waals surface area contributed by atoms with Gasteiger partial charge in [-0.3, -0.25) is 5.43 Å². The second-order valence-corrected chi connectivity index (χ2v) is 4.47. The van der Waals surface area contributed by atoms with Gasteiger partial charge in [-0.15, -0.1) is 0 Å². The molecule has 0 aliphatic rings. The molecule has 0 atom stereocenters. The largest absolute Gasteiger partial charge is 0.461 e. The van der Waals surface area contributed by atoms with Gasteiger partial charge >= 0.3 is 6.01 Å². The monoisotopic (exact) mass is 284 g/mol. The van der Waals surface area contributed by atoms with Gasteiger partial charge in [0.05, 0.1) is 6.10 Å². The second-order valence-electron chi connectivity index (χ2n) is 4.47. The van der Waals surface area contributed by atoms with Crippen LogP contribution >= 0.6 is 0 Å². The Bertz CT molecular complexity index is 388. The Morgan fingerprint density at radius 2 is 1.90 bits per heavy atom. The third-order valence-corrected chi connectivity index (χ3v) is 2.18. The third kappa shape index (κ3) is 6.48. The van der Waals surface area contributed by atoms with E-state index in [1.165, 1.54) is 0 Å². The van der Waals surface area contributed by atoms with Crippen LogP contribution in [-0.4, -0.2) is 40.8 Å². The lowest BCUT2D eigenvalue weighted by atomic mass is 10.4. The highest BCUT2D eigenvalue weighted by atomic mass is 16.5. The van der Waals surface area contributed by atoms with Crippen LogP contribution in [0.4, 0.5) is 11.9 Å². The maximum absolute atomic E-state index is 5.43. The molecule has 0 unspecified atom stereocenters. The van der Waals surface area contributed by atoms with E-state index in [9.17, 15) is 0 Å². The lowest BCUT2D eigenvalue weighted by Gasteiger charge is -2.11. The smallest absolute Gasteiger partial charge is 0.323 e. The Kier molecular flexibility index (Phi) is 7.59. The Labute approximate surface area is 119 Å². The van der Waals surface area contributed by atoms with Crippen LogP contribution in [0.15, 0.2) is 0 Å². The summed E-state index contributed by atoms with van der Waals surface area (Å²) in [5.41, 5.74) is 2.39. The fraction of sp³-hybridized carbons (Fsp3) is 0.750. The highest BCUT2D eigenvalue weighted by Crippen LogP contribution is 2.11. The van der Waals surface area contributed by atoms with E-state index in [0.717, 1.165) is 19.4 Å². The molecule has 1 aromatic rings. The number of aromatic nitrogens is 3. The average molecular weight is 284 g/mol. The maximum Gasteiger partial charge on any atom is 0.323 e. The van der Waals surface area contributed by atoms with Gasteiger partial charge in [0, 0.05) is 19.8 Å². The fourth-order valence-corrected chi connectivity index (χ4v) is 1.38. The van der Waals surface area contributed by atoms with Crippen molar-refractivity contribution in [2.75, 3.05) is 30.5 Å². The second kappa shape index (κ2) is 9.27. The number of hydrogen-bond acceptors (Lipinski definition) is 8. The maximum atomic E-state index is 5.43. The van der Waals surface area contributed by atoms with Crippen molar-refractivity contribution in [3.63, 3.8) is 0 Å². The molecular weight excluding hydrogens is 260 g/mol. The zero-order chi connectivity index (χ0) is 14.8. The van der Waals surface area contributed by atoms with E-state index in [1.807, 2.05) is 13.8 Å². The molecule has 0 aliphatic heterocycles. The zero-order valence-electron chi connectivity index (χ0n) is 12.3. The van der Waals surface area contributed by atoms with Gasteiger partial charge in [0.2, 0.25) is 11.9 Å². The molecule has 0 fully saturated rings. The molecule has 0 aliphatic carbocycles. The summed E-state index contributed by atoms with van der Waals surface area (Å²) in [6.45, 7) is 8.09. The molecule has 0 spiro atoms. The number of nitrogens with two attached hydrogens (primary N) is 1. The lowest BCUT2D eigenvalue weighted by Crippen LogP contribution is -2.17. The first-order valence-corrected chi connectivity index (χ1v) is 6.86. The molecule has 8 nitrogen and oxygen atoms in total. The summed E-state index contributed by atoms with van der Waals surface area (Å²) in [5.74, 6) is 6.02. The van der Waals surface area contributed by atoms with Crippen molar-refractivity contribution in [2.45, 2.75) is 39.7 Å². The van der Waals surface area contributed by atoms with Crippen molar-refractivity contribution in [3.05, 3.63) is 0 Å². The Morgan fingerprint density at radius 1 is 1.15 bits per heavy atom. The van der Waals surface area contributed by atoms with Crippen LogP contribution in [0, 0.1) is 0 Å². The summed E-state index contributed by atoms with van der Waals surface area (Å²) in [7, 11) is 0. The number of ether oxygens (including phenoxy) is 2. The summed E-state index contributed by atoms with van der Waals surface area (Å²) >= 11 is 0. The van der Waals surface area contributed by atoms with E-state index < -0.39 is 0 Å². The van der Waals surface area contributed by atoms with Gasteiger partial charge < -0.3 is 14.8 Å². The van der Waals surface area contributed by atoms with E-state index in [2.05, 4.69) is 32.6 Å². The summed E-state index contributed by atoms with van der Waals surface area (Å²) in [6, 6.07) is 0.243. The van der Waals surface area contributed by atoms with Gasteiger partial charge in [-0.1, -0.05) is 6.92 Å². The van der Waals surface area contributed by atoms with Gasteiger partial charge in [0.1, 0.15) is 0 Å². The van der Waals surface area contributed by atoms with Gasteiger partial charge in [0.25, 0.3) is 0 Å². The predicted molar refractivity (Wildman–Crippen MR) is 77.6 cm³/mol. The first-order valence-electron chi connectivity index (χ1n) is 6.86. The molecule has 20 heavy (non-hydrogen) atoms. The Balaban J connectivity index is 2.47. The van der Waals surface area contributed by atoms with Crippen molar-refractivity contribution in [1.82, 2.24) is 15.0 Å². The molecule has 0 radical (unpaired) electrons. The van der Waals surface area contributed by atoms with Gasteiger partial charge in [-0.25, -0.2) is 5.84 Å². The van der Waals surface area contributed by atoms with Crippen molar-refractivity contribution in [1.29, 1.82) is 0 Å². The molecule has 0 aromatic carbocycles. The molecule has 8 heteroatoms. The Hall–Kier alpha value is -1.67. The third-order valence-electron chi connectivity index (χ3n) is 2.18. The van der Waals surface area contributed by atoms with Gasteiger partial charge in [-0.2, -0.15) is 15.0 Å². The number of hydrogen-bond donors (Lipinski definition) is 3. The summed E-state index contributed by atoms with van der Waals surface area (Å²) in [5, 5.41) is 3.09. The van der Waals surface area contributed by atoms with Crippen molar-refractivity contribution >= 4 is 11.9 Å². The van der Waals surface area contributed by atoms with Crippen LogP contribution in [-0.2, 0) is 4.74 Å². The van der Waals surface area contributed by atoms with Gasteiger partial charge in [0.15, 0.2) is 0 Å². The quantitative estimate of drug-likeness (QED) is 0.334. The Morgan fingerprint density at radius 3 is 2.55 bits per heavy atom. The van der Waals surface area contributed by atoms with Crippen LogP contribution in [0.1, 0.15) is 33.6 Å². The number of anilines is 2. The van der Waals surface area contributed by atoms with Crippen LogP contribution in [0.5, 0.6) is 6.01 Å². The van der Waals surface area contributed by atoms with Crippen molar-refractivity contribution in [3.8, 4) is 6.01 Å². The summed E-state index contributed by atoms with van der Waals surface area (Å²) in [6.07, 6.45) is 1.89. The molecule has 0 bridgehead atoms. The van der Waals surface area contributed by atoms with Gasteiger partial charge in [-0.05, 0) is 26.7 Å². The average Bonchev–Trinajstić information content (AvgIpc) is 2.41. The highest BCUT2D eigenvalue weighted by Gasteiger charge is 2.07. The van der Waals surface area contributed by atoms with E-state index in [4.69, 9.17) is 15.3 Å². The number of nitrogens with one attached hydrogen (secondary N) is 2. The summed E-state index contributed by atoms with van der Waals surface area (Å²) < 4.78 is 10.8. The number of rotatable bonds is 10. The summed E-state index contributed by atoms with van der Waals surface area (Å²) in [4.78, 5) is 12.3. The van der Waals surface area contributed by atoms with E-state index in [-0.39, 0.29) is 18.1 Å². The van der Waals surface area contributed by atoms with E-state index >= 15 is 0 Å². The van der Waals surface area contributed by atoms with Crippen molar-refractivity contribution in [2.24, 2.45) is 5.84 Å². The minimum absolute atomic E-state index is 0.0154. The number of nitrogens with zero attached hydrogens (tertiary/aromatic N) is 3. The van der Waals surface area contributed by atoms with Crippen LogP contribution in [0.2, 0.25) is 0 Å². The molecule has 1 rings (SSSR count). The fourth-order valence-electron chi connectivity index (χ4n) is 1.38. The minimum Gasteiger partial charge on any atom is -0.461 e. The topological polar surface area (TPSA) is 107 Å². The predicted octanol–water partition coefficient (Wildman–Crippen LogP) is 1.17. The molecule has 1 heterocycles. The molecular formula is C12H24N6O2. The van der Waals surface area contributed by atoms with Crippen LogP contribution in [0.25, 0.3) is 0 Å². The van der Waals surface area contributed by atoms with Crippen molar-refractivity contribution < 1.29 is 9.47 Å². The minimum atomic E-state index is -0.0154.